The molecule has 0 bridgehead atoms. The molecule has 0 fully saturated rings. The van der Waals surface area contributed by atoms with Gasteiger partial charge in [-0.2, -0.15) is 0 Å². The lowest BCUT2D eigenvalue weighted by Gasteiger charge is -2.17. The summed E-state index contributed by atoms with van der Waals surface area (Å²) in [4.78, 5) is 31.3. The molecule has 2 aromatic rings. The third kappa shape index (κ3) is 3.45. The van der Waals surface area contributed by atoms with Gasteiger partial charge in [0.05, 0.1) is 5.56 Å². The average Bonchev–Trinajstić information content (AvgIpc) is 2.48. The van der Waals surface area contributed by atoms with Gasteiger partial charge in [-0.25, -0.2) is 0 Å². The maximum atomic E-state index is 12.2. The van der Waals surface area contributed by atoms with Gasteiger partial charge in [0.1, 0.15) is 5.02 Å². The Morgan fingerprint density at radius 1 is 1.40 bits per heavy atom. The number of pyridine rings is 2. The number of rotatable bonds is 4. The van der Waals surface area contributed by atoms with E-state index in [0.29, 0.717) is 12.1 Å². The number of halogens is 1. The number of likely N-dealkylation sites (N-methyl/N-ethyl adjacent to an activating group) is 1. The van der Waals surface area contributed by atoms with E-state index < -0.39 is 5.56 Å². The van der Waals surface area contributed by atoms with E-state index in [4.69, 9.17) is 11.6 Å². The third-order valence-corrected chi connectivity index (χ3v) is 3.22. The first-order valence-electron chi connectivity index (χ1n) is 6.10. The zero-order valence-electron chi connectivity index (χ0n) is 11.0. The van der Waals surface area contributed by atoms with Crippen molar-refractivity contribution in [2.24, 2.45) is 0 Å². The largest absolute Gasteiger partial charge is 0.341 e. The van der Waals surface area contributed by atoms with Gasteiger partial charge in [0.15, 0.2) is 0 Å². The van der Waals surface area contributed by atoms with Crippen LogP contribution in [0, 0.1) is 0 Å². The summed E-state index contributed by atoms with van der Waals surface area (Å²) in [5, 5.41) is 0.0124. The fourth-order valence-corrected chi connectivity index (χ4v) is 1.92. The lowest BCUT2D eigenvalue weighted by Crippen LogP contribution is -2.29. The van der Waals surface area contributed by atoms with E-state index in [0.717, 1.165) is 12.0 Å². The second-order valence-corrected chi connectivity index (χ2v) is 4.80. The van der Waals surface area contributed by atoms with Gasteiger partial charge >= 0.3 is 0 Å². The van der Waals surface area contributed by atoms with E-state index in [9.17, 15) is 9.59 Å². The van der Waals surface area contributed by atoms with Crippen LogP contribution in [-0.4, -0.2) is 34.4 Å². The van der Waals surface area contributed by atoms with Crippen LogP contribution in [0.3, 0.4) is 0 Å². The van der Waals surface area contributed by atoms with E-state index in [1.165, 1.54) is 12.3 Å². The Labute approximate surface area is 121 Å². The summed E-state index contributed by atoms with van der Waals surface area (Å²) in [5.74, 6) is -0.183. The van der Waals surface area contributed by atoms with Crippen molar-refractivity contribution in [3.8, 4) is 0 Å². The summed E-state index contributed by atoms with van der Waals surface area (Å²) in [6, 6.07) is 5.20. The van der Waals surface area contributed by atoms with Gasteiger partial charge in [-0.15, -0.1) is 0 Å². The van der Waals surface area contributed by atoms with E-state index in [-0.39, 0.29) is 10.9 Å². The summed E-state index contributed by atoms with van der Waals surface area (Å²) >= 11 is 5.71. The van der Waals surface area contributed by atoms with Crippen molar-refractivity contribution in [3.05, 3.63) is 63.3 Å². The van der Waals surface area contributed by atoms with Crippen molar-refractivity contribution in [1.29, 1.82) is 0 Å². The lowest BCUT2D eigenvalue weighted by molar-refractivity contribution is 0.0796. The molecule has 1 amide bonds. The predicted octanol–water partition coefficient (Wildman–Crippen LogP) is 1.74. The zero-order valence-corrected chi connectivity index (χ0v) is 11.7. The highest BCUT2D eigenvalue weighted by Crippen LogP contribution is 2.07. The Morgan fingerprint density at radius 2 is 2.10 bits per heavy atom. The Morgan fingerprint density at radius 3 is 2.75 bits per heavy atom. The predicted molar refractivity (Wildman–Crippen MR) is 77.0 cm³/mol. The minimum absolute atomic E-state index is 0.0124. The van der Waals surface area contributed by atoms with Gasteiger partial charge in [0, 0.05) is 32.2 Å². The Balaban J connectivity index is 2.01. The summed E-state index contributed by atoms with van der Waals surface area (Å²) < 4.78 is 0. The molecule has 6 heteroatoms. The van der Waals surface area contributed by atoms with Crippen LogP contribution in [0.1, 0.15) is 15.9 Å². The molecular formula is C14H14ClN3O2. The van der Waals surface area contributed by atoms with Crippen LogP contribution in [-0.2, 0) is 6.42 Å². The number of aromatic amines is 1. The molecule has 0 aromatic carbocycles. The molecular weight excluding hydrogens is 278 g/mol. The minimum atomic E-state index is -0.400. The van der Waals surface area contributed by atoms with E-state index in [2.05, 4.69) is 9.97 Å². The SMILES string of the molecule is CN(CCc1ccncc1)C(=O)c1c[nH]c(=O)c(Cl)c1. The number of carbonyl (C=O) groups is 1. The molecule has 0 aliphatic carbocycles. The zero-order chi connectivity index (χ0) is 14.5. The van der Waals surface area contributed by atoms with E-state index >= 15 is 0 Å². The minimum Gasteiger partial charge on any atom is -0.341 e. The normalized spacial score (nSPS) is 10.3. The lowest BCUT2D eigenvalue weighted by atomic mass is 10.2. The molecule has 0 atom stereocenters. The monoisotopic (exact) mass is 291 g/mol. The molecule has 2 rings (SSSR count). The van der Waals surface area contributed by atoms with Crippen molar-refractivity contribution >= 4 is 17.5 Å². The Bertz CT molecular complexity index is 655. The first-order valence-corrected chi connectivity index (χ1v) is 6.48. The molecule has 0 radical (unpaired) electrons. The number of amides is 1. The highest BCUT2D eigenvalue weighted by Gasteiger charge is 2.13. The molecule has 5 nitrogen and oxygen atoms in total. The molecule has 0 saturated carbocycles. The molecule has 0 aliphatic rings. The van der Waals surface area contributed by atoms with Crippen LogP contribution in [0.15, 0.2) is 41.6 Å². The smallest absolute Gasteiger partial charge is 0.266 e. The molecule has 104 valence electrons. The second-order valence-electron chi connectivity index (χ2n) is 4.40. The first-order chi connectivity index (χ1) is 9.58. The van der Waals surface area contributed by atoms with Crippen molar-refractivity contribution in [2.45, 2.75) is 6.42 Å². The molecule has 2 aromatic heterocycles. The highest BCUT2D eigenvalue weighted by molar-refractivity contribution is 6.30. The van der Waals surface area contributed by atoms with Crippen LogP contribution in [0.25, 0.3) is 0 Å². The fraction of sp³-hybridized carbons (Fsp3) is 0.214. The van der Waals surface area contributed by atoms with Gasteiger partial charge in [0.25, 0.3) is 11.5 Å². The quantitative estimate of drug-likeness (QED) is 0.933. The number of carbonyl (C=O) groups excluding carboxylic acids is 1. The van der Waals surface area contributed by atoms with Crippen LogP contribution in [0.4, 0.5) is 0 Å². The highest BCUT2D eigenvalue weighted by atomic mass is 35.5. The van der Waals surface area contributed by atoms with Gasteiger partial charge in [-0.3, -0.25) is 14.6 Å². The Hall–Kier alpha value is -2.14. The first kappa shape index (κ1) is 14.3. The number of nitrogens with one attached hydrogen (secondary N) is 1. The van der Waals surface area contributed by atoms with Crippen LogP contribution >= 0.6 is 11.6 Å². The van der Waals surface area contributed by atoms with Gasteiger partial charge < -0.3 is 9.88 Å². The van der Waals surface area contributed by atoms with Crippen LogP contribution in [0.2, 0.25) is 5.02 Å². The molecule has 2 heterocycles. The van der Waals surface area contributed by atoms with E-state index in [1.54, 1.807) is 24.3 Å². The van der Waals surface area contributed by atoms with E-state index in [1.807, 2.05) is 12.1 Å². The van der Waals surface area contributed by atoms with Gasteiger partial charge in [0.2, 0.25) is 0 Å². The summed E-state index contributed by atoms with van der Waals surface area (Å²) in [6.45, 7) is 0.569. The fourth-order valence-electron chi connectivity index (χ4n) is 1.75. The Kier molecular flexibility index (Phi) is 4.53. The standard InChI is InChI=1S/C14H14ClN3O2/c1-18(7-4-10-2-5-16-6-3-10)14(20)11-8-12(15)13(19)17-9-11/h2-3,5-6,8-9H,4,7H2,1H3,(H,17,19). The maximum Gasteiger partial charge on any atom is 0.266 e. The van der Waals surface area contributed by atoms with Crippen LogP contribution in [0.5, 0.6) is 0 Å². The molecule has 0 saturated heterocycles. The summed E-state index contributed by atoms with van der Waals surface area (Å²) in [5.41, 5.74) is 1.08. The second kappa shape index (κ2) is 6.34. The van der Waals surface area contributed by atoms with Crippen molar-refractivity contribution in [2.75, 3.05) is 13.6 Å². The summed E-state index contributed by atoms with van der Waals surface area (Å²) in [6.07, 6.45) is 5.55. The van der Waals surface area contributed by atoms with Crippen molar-refractivity contribution in [3.63, 3.8) is 0 Å². The van der Waals surface area contributed by atoms with Crippen LogP contribution < -0.4 is 5.56 Å². The molecule has 20 heavy (non-hydrogen) atoms. The number of H-pyrrole nitrogens is 1. The number of hydrogen-bond donors (Lipinski definition) is 1. The molecule has 0 spiro atoms. The summed E-state index contributed by atoms with van der Waals surface area (Å²) in [7, 11) is 1.71. The molecule has 0 aliphatic heterocycles. The number of nitrogens with zero attached hydrogens (tertiary/aromatic N) is 2. The van der Waals surface area contributed by atoms with Crippen molar-refractivity contribution in [1.82, 2.24) is 14.9 Å². The van der Waals surface area contributed by atoms with Crippen molar-refractivity contribution < 1.29 is 4.79 Å². The molecule has 1 N–H and O–H groups in total. The topological polar surface area (TPSA) is 66.1 Å². The van der Waals surface area contributed by atoms with Gasteiger partial charge in [-0.1, -0.05) is 11.6 Å². The maximum absolute atomic E-state index is 12.2. The average molecular weight is 292 g/mol. The number of hydrogen-bond acceptors (Lipinski definition) is 3. The number of aromatic nitrogens is 2. The molecule has 0 unspecified atom stereocenters. The van der Waals surface area contributed by atoms with Gasteiger partial charge in [-0.05, 0) is 30.2 Å². The third-order valence-electron chi connectivity index (χ3n) is 2.94.